The van der Waals surface area contributed by atoms with E-state index in [9.17, 15) is 9.59 Å². The van der Waals surface area contributed by atoms with Gasteiger partial charge in [-0.2, -0.15) is 5.10 Å². The predicted molar refractivity (Wildman–Crippen MR) is 122 cm³/mol. The monoisotopic (exact) mass is 468 g/mol. The first-order chi connectivity index (χ1) is 15.9. The van der Waals surface area contributed by atoms with E-state index in [1.165, 1.54) is 0 Å². The predicted octanol–water partition coefficient (Wildman–Crippen LogP) is 2.38. The second-order valence-corrected chi connectivity index (χ2v) is 8.45. The maximum absolute atomic E-state index is 13.2. The highest BCUT2D eigenvalue weighted by Crippen LogP contribution is 2.33. The standard InChI is InChI=1S/C23H25ClN6O3/c1-14-8-16(10-27-22(14)30-12-17(24)11-28-30)15(2)29-13-19-18(23(29)33)4-6-25-20(19)9-21(32)26-5-3-7-31/h4,6,8,10-12,15,31H,3,5,7,9,13H2,1-2H3,(H,26,32). The van der Waals surface area contributed by atoms with Gasteiger partial charge < -0.3 is 15.3 Å². The summed E-state index contributed by atoms with van der Waals surface area (Å²) in [6.07, 6.45) is 7.14. The lowest BCUT2D eigenvalue weighted by atomic mass is 10.1. The van der Waals surface area contributed by atoms with E-state index in [-0.39, 0.29) is 30.9 Å². The van der Waals surface area contributed by atoms with Crippen LogP contribution in [0.4, 0.5) is 0 Å². The first-order valence-corrected chi connectivity index (χ1v) is 11.1. The lowest BCUT2D eigenvalue weighted by molar-refractivity contribution is -0.120. The number of fused-ring (bicyclic) bond motifs is 1. The summed E-state index contributed by atoms with van der Waals surface area (Å²) in [5.41, 5.74) is 3.75. The number of aliphatic hydroxyl groups is 1. The second kappa shape index (κ2) is 9.68. The SMILES string of the molecule is Cc1cc(C(C)N2Cc3c(ccnc3CC(=O)NCCCO)C2=O)cnc1-n1cc(Cl)cn1. The molecule has 1 aliphatic rings. The lowest BCUT2D eigenvalue weighted by Gasteiger charge is -2.25. The van der Waals surface area contributed by atoms with Crippen LogP contribution in [-0.2, 0) is 17.8 Å². The van der Waals surface area contributed by atoms with Crippen molar-refractivity contribution in [1.29, 1.82) is 0 Å². The summed E-state index contributed by atoms with van der Waals surface area (Å²) in [4.78, 5) is 36.1. The molecule has 0 aromatic carbocycles. The Morgan fingerprint density at radius 3 is 2.85 bits per heavy atom. The summed E-state index contributed by atoms with van der Waals surface area (Å²) in [7, 11) is 0. The Labute approximate surface area is 196 Å². The fraction of sp³-hybridized carbons (Fsp3) is 0.348. The zero-order valence-electron chi connectivity index (χ0n) is 18.5. The Morgan fingerprint density at radius 1 is 1.33 bits per heavy atom. The second-order valence-electron chi connectivity index (χ2n) is 8.01. The minimum atomic E-state index is -0.224. The Bertz CT molecular complexity index is 1190. The molecule has 0 radical (unpaired) electrons. The van der Waals surface area contributed by atoms with Crippen molar-refractivity contribution in [3.63, 3.8) is 0 Å². The number of rotatable bonds is 8. The van der Waals surface area contributed by atoms with E-state index >= 15 is 0 Å². The van der Waals surface area contributed by atoms with Gasteiger partial charge in [0.15, 0.2) is 5.82 Å². The van der Waals surface area contributed by atoms with Crippen LogP contribution in [0.5, 0.6) is 0 Å². The summed E-state index contributed by atoms with van der Waals surface area (Å²) >= 11 is 5.97. The molecular weight excluding hydrogens is 444 g/mol. The smallest absolute Gasteiger partial charge is 0.255 e. The minimum absolute atomic E-state index is 0.0195. The van der Waals surface area contributed by atoms with Crippen LogP contribution in [0.15, 0.2) is 36.9 Å². The number of carbonyl (C=O) groups is 2. The van der Waals surface area contributed by atoms with Crippen molar-refractivity contribution in [1.82, 2.24) is 30.0 Å². The van der Waals surface area contributed by atoms with Gasteiger partial charge in [-0.1, -0.05) is 11.6 Å². The average molecular weight is 469 g/mol. The highest BCUT2D eigenvalue weighted by Gasteiger charge is 2.34. The molecule has 0 saturated heterocycles. The van der Waals surface area contributed by atoms with E-state index in [2.05, 4.69) is 20.4 Å². The van der Waals surface area contributed by atoms with Crippen LogP contribution in [0.2, 0.25) is 5.02 Å². The maximum Gasteiger partial charge on any atom is 0.255 e. The van der Waals surface area contributed by atoms with E-state index in [0.29, 0.717) is 41.6 Å². The fourth-order valence-corrected chi connectivity index (χ4v) is 4.09. The summed E-state index contributed by atoms with van der Waals surface area (Å²) in [6, 6.07) is 3.47. The van der Waals surface area contributed by atoms with Gasteiger partial charge in [-0.3, -0.25) is 14.6 Å². The van der Waals surface area contributed by atoms with Crippen molar-refractivity contribution >= 4 is 23.4 Å². The van der Waals surface area contributed by atoms with Gasteiger partial charge in [-0.15, -0.1) is 0 Å². The number of nitrogens with zero attached hydrogens (tertiary/aromatic N) is 5. The first-order valence-electron chi connectivity index (χ1n) is 10.7. The minimum Gasteiger partial charge on any atom is -0.396 e. The molecule has 172 valence electrons. The number of carbonyl (C=O) groups excluding carboxylic acids is 2. The van der Waals surface area contributed by atoms with Crippen LogP contribution in [0.25, 0.3) is 5.82 Å². The molecule has 2 N–H and O–H groups in total. The molecule has 2 amide bonds. The normalized spacial score (nSPS) is 13.8. The average Bonchev–Trinajstić information content (AvgIpc) is 3.37. The molecule has 4 heterocycles. The van der Waals surface area contributed by atoms with Crippen molar-refractivity contribution < 1.29 is 14.7 Å². The number of hydrogen-bond donors (Lipinski definition) is 2. The molecule has 1 atom stereocenters. The van der Waals surface area contributed by atoms with Crippen LogP contribution < -0.4 is 5.32 Å². The molecule has 0 fully saturated rings. The number of hydrogen-bond acceptors (Lipinski definition) is 6. The van der Waals surface area contributed by atoms with Gasteiger partial charge in [-0.25, -0.2) is 9.67 Å². The number of aliphatic hydroxyl groups excluding tert-OH is 1. The summed E-state index contributed by atoms with van der Waals surface area (Å²) < 4.78 is 1.62. The number of aromatic nitrogens is 4. The molecular formula is C23H25ClN6O3. The maximum atomic E-state index is 13.2. The molecule has 0 bridgehead atoms. The molecule has 1 unspecified atom stereocenters. The van der Waals surface area contributed by atoms with Crippen LogP contribution in [0.3, 0.4) is 0 Å². The summed E-state index contributed by atoms with van der Waals surface area (Å²) in [5.74, 6) is 0.396. The van der Waals surface area contributed by atoms with Crippen LogP contribution in [0.1, 0.15) is 52.1 Å². The van der Waals surface area contributed by atoms with Gasteiger partial charge in [0.25, 0.3) is 5.91 Å². The highest BCUT2D eigenvalue weighted by atomic mass is 35.5. The quantitative estimate of drug-likeness (QED) is 0.491. The fourth-order valence-electron chi connectivity index (χ4n) is 3.95. The molecule has 33 heavy (non-hydrogen) atoms. The first kappa shape index (κ1) is 22.9. The summed E-state index contributed by atoms with van der Waals surface area (Å²) in [6.45, 7) is 4.69. The number of halogens is 1. The third-order valence-electron chi connectivity index (χ3n) is 5.74. The van der Waals surface area contributed by atoms with Gasteiger partial charge in [0.05, 0.1) is 35.6 Å². The Morgan fingerprint density at radius 2 is 2.15 bits per heavy atom. The molecule has 3 aromatic rings. The molecule has 1 aliphatic heterocycles. The highest BCUT2D eigenvalue weighted by molar-refractivity contribution is 6.30. The lowest BCUT2D eigenvalue weighted by Crippen LogP contribution is -2.28. The van der Waals surface area contributed by atoms with Crippen molar-refractivity contribution in [3.8, 4) is 5.82 Å². The van der Waals surface area contributed by atoms with Crippen LogP contribution >= 0.6 is 11.6 Å². The Kier molecular flexibility index (Phi) is 6.71. The third kappa shape index (κ3) is 4.74. The van der Waals surface area contributed by atoms with Gasteiger partial charge in [0.1, 0.15) is 0 Å². The van der Waals surface area contributed by atoms with E-state index < -0.39 is 0 Å². The van der Waals surface area contributed by atoms with Crippen molar-refractivity contribution in [2.24, 2.45) is 0 Å². The van der Waals surface area contributed by atoms with E-state index in [1.807, 2.05) is 19.9 Å². The molecule has 3 aromatic heterocycles. The zero-order chi connectivity index (χ0) is 23.5. The topological polar surface area (TPSA) is 113 Å². The number of nitrogens with one attached hydrogen (secondary N) is 1. The number of aryl methyl sites for hydroxylation is 1. The molecule has 0 aliphatic carbocycles. The Balaban J connectivity index is 1.52. The van der Waals surface area contributed by atoms with Gasteiger partial charge in [-0.05, 0) is 43.5 Å². The van der Waals surface area contributed by atoms with Crippen molar-refractivity contribution in [3.05, 3.63) is 69.9 Å². The number of amides is 2. The van der Waals surface area contributed by atoms with Gasteiger partial charge in [0.2, 0.25) is 5.91 Å². The Hall–Kier alpha value is -3.30. The van der Waals surface area contributed by atoms with E-state index in [4.69, 9.17) is 16.7 Å². The van der Waals surface area contributed by atoms with E-state index in [0.717, 1.165) is 16.7 Å². The van der Waals surface area contributed by atoms with Crippen LogP contribution in [0, 0.1) is 6.92 Å². The zero-order valence-corrected chi connectivity index (χ0v) is 19.2. The molecule has 10 heteroatoms. The van der Waals surface area contributed by atoms with E-state index in [1.54, 1.807) is 40.4 Å². The van der Waals surface area contributed by atoms with Gasteiger partial charge in [0, 0.05) is 43.2 Å². The molecule has 4 rings (SSSR count). The number of pyridine rings is 2. The summed E-state index contributed by atoms with van der Waals surface area (Å²) in [5, 5.41) is 16.4. The van der Waals surface area contributed by atoms with Gasteiger partial charge >= 0.3 is 0 Å². The van der Waals surface area contributed by atoms with Crippen LogP contribution in [-0.4, -0.2) is 54.7 Å². The van der Waals surface area contributed by atoms with Crippen molar-refractivity contribution in [2.75, 3.05) is 13.2 Å². The van der Waals surface area contributed by atoms with Crippen molar-refractivity contribution in [2.45, 2.75) is 39.3 Å². The molecule has 0 saturated carbocycles. The molecule has 0 spiro atoms. The third-order valence-corrected chi connectivity index (χ3v) is 5.93. The largest absolute Gasteiger partial charge is 0.396 e. The molecule has 9 nitrogen and oxygen atoms in total.